The molecule has 5 aromatic carbocycles. The zero-order valence-electron chi connectivity index (χ0n) is 19.3. The van der Waals surface area contributed by atoms with Gasteiger partial charge >= 0.3 is 0 Å². The zero-order valence-corrected chi connectivity index (χ0v) is 21.8. The maximum atomic E-state index is 14.5. The van der Waals surface area contributed by atoms with Crippen molar-refractivity contribution in [2.75, 3.05) is 0 Å². The topological polar surface area (TPSA) is 17.1 Å². The summed E-state index contributed by atoms with van der Waals surface area (Å²) in [4.78, 5) is 14.5. The minimum absolute atomic E-state index is 0.144. The van der Waals surface area contributed by atoms with Crippen molar-refractivity contribution in [2.24, 2.45) is 0 Å². The highest BCUT2D eigenvalue weighted by Crippen LogP contribution is 2.62. The number of Topliss-reactive ketones (excluding diaryl/α,β-unsaturated/α-hetero) is 1. The van der Waals surface area contributed by atoms with Gasteiger partial charge in [-0.25, -0.2) is 0 Å². The van der Waals surface area contributed by atoms with Gasteiger partial charge in [0.2, 0.25) is 5.78 Å². The molecule has 0 aromatic heterocycles. The zero-order chi connectivity index (χ0) is 23.8. The standard InChI is InChI=1S/C32H25BrOP/c33-32(31(34)29-22-21-24-20-19-23-11-10-18-28(29)30(23)24)35(25-12-4-1-5-13-25,26-14-6-2-7-15-26)27-16-8-3-9-17-27/h1-18,21-22,32H,19-20H2/q+1/t32-/m0/s1. The number of alkyl halides is 1. The second kappa shape index (κ2) is 9.19. The summed E-state index contributed by atoms with van der Waals surface area (Å²) in [7, 11) is -2.38. The number of halogens is 1. The first-order chi connectivity index (χ1) is 17.2. The normalized spacial score (nSPS) is 13.6. The molecule has 6 rings (SSSR count). The summed E-state index contributed by atoms with van der Waals surface area (Å²) < 4.78 is -0.402. The van der Waals surface area contributed by atoms with Crippen LogP contribution in [-0.2, 0) is 12.8 Å². The fourth-order valence-corrected chi connectivity index (χ4v) is 12.1. The minimum Gasteiger partial charge on any atom is -0.289 e. The van der Waals surface area contributed by atoms with E-state index in [0.29, 0.717) is 0 Å². The molecule has 0 unspecified atom stereocenters. The first-order valence-electron chi connectivity index (χ1n) is 12.0. The lowest BCUT2D eigenvalue weighted by molar-refractivity contribution is 0.101. The Balaban J connectivity index is 1.62. The van der Waals surface area contributed by atoms with Crippen LogP contribution in [0.3, 0.4) is 0 Å². The Bertz CT molecular complexity index is 1410. The molecule has 170 valence electrons. The van der Waals surface area contributed by atoms with Crippen molar-refractivity contribution < 1.29 is 4.79 Å². The fraction of sp³-hybridized carbons (Fsp3) is 0.0938. The summed E-state index contributed by atoms with van der Waals surface area (Å²) in [6.45, 7) is 0. The Labute approximate surface area is 215 Å². The van der Waals surface area contributed by atoms with Crippen molar-refractivity contribution in [3.05, 3.63) is 138 Å². The summed E-state index contributed by atoms with van der Waals surface area (Å²) >= 11 is 4.05. The molecule has 5 aromatic rings. The van der Waals surface area contributed by atoms with Crippen LogP contribution in [0.25, 0.3) is 10.8 Å². The van der Waals surface area contributed by atoms with E-state index >= 15 is 0 Å². The van der Waals surface area contributed by atoms with Gasteiger partial charge in [0.1, 0.15) is 23.2 Å². The summed E-state index contributed by atoms with van der Waals surface area (Å²) in [6, 6.07) is 42.4. The van der Waals surface area contributed by atoms with E-state index in [9.17, 15) is 4.79 Å². The number of carbonyl (C=O) groups excluding carboxylic acids is 1. The van der Waals surface area contributed by atoms with Crippen LogP contribution in [0.4, 0.5) is 0 Å². The van der Waals surface area contributed by atoms with Gasteiger partial charge in [-0.05, 0) is 87.1 Å². The van der Waals surface area contributed by atoms with Crippen LogP contribution >= 0.6 is 23.2 Å². The lowest BCUT2D eigenvalue weighted by atomic mass is 9.98. The van der Waals surface area contributed by atoms with Crippen molar-refractivity contribution in [3.63, 3.8) is 0 Å². The van der Waals surface area contributed by atoms with Crippen molar-refractivity contribution in [2.45, 2.75) is 17.4 Å². The second-order valence-corrected chi connectivity index (χ2v) is 14.2. The Hall–Kier alpha value is -3.06. The van der Waals surface area contributed by atoms with Crippen LogP contribution in [0.2, 0.25) is 0 Å². The van der Waals surface area contributed by atoms with E-state index in [4.69, 9.17) is 0 Å². The Morgan fingerprint density at radius 3 is 1.60 bits per heavy atom. The van der Waals surface area contributed by atoms with Crippen LogP contribution in [0.15, 0.2) is 121 Å². The van der Waals surface area contributed by atoms with Crippen LogP contribution in [0, 0.1) is 0 Å². The molecule has 0 amide bonds. The van der Waals surface area contributed by atoms with Gasteiger partial charge in [-0.2, -0.15) is 0 Å². The van der Waals surface area contributed by atoms with E-state index in [0.717, 1.165) is 23.8 Å². The molecule has 1 atom stereocenters. The maximum absolute atomic E-state index is 14.5. The van der Waals surface area contributed by atoms with Crippen LogP contribution in [0.1, 0.15) is 21.5 Å². The maximum Gasteiger partial charge on any atom is 0.215 e. The number of rotatable bonds is 6. The number of carbonyl (C=O) groups is 1. The molecule has 0 N–H and O–H groups in total. The molecule has 0 saturated heterocycles. The summed E-state index contributed by atoms with van der Waals surface area (Å²) in [5, 5.41) is 5.94. The molecule has 3 heteroatoms. The summed E-state index contributed by atoms with van der Waals surface area (Å²) in [5.41, 5.74) is 3.52. The van der Waals surface area contributed by atoms with E-state index in [-0.39, 0.29) is 5.78 Å². The Morgan fingerprint density at radius 1 is 0.600 bits per heavy atom. The third-order valence-electron chi connectivity index (χ3n) is 7.19. The van der Waals surface area contributed by atoms with Crippen molar-refractivity contribution >= 4 is 55.7 Å². The molecule has 0 radical (unpaired) electrons. The molecule has 0 heterocycles. The van der Waals surface area contributed by atoms with Gasteiger partial charge in [-0.1, -0.05) is 84.9 Å². The van der Waals surface area contributed by atoms with Crippen LogP contribution < -0.4 is 15.9 Å². The van der Waals surface area contributed by atoms with E-state index in [1.54, 1.807) is 0 Å². The second-order valence-electron chi connectivity index (χ2n) is 9.04. The average molecular weight is 536 g/mol. The quantitative estimate of drug-likeness (QED) is 0.132. The minimum atomic E-state index is -2.38. The molecule has 35 heavy (non-hydrogen) atoms. The van der Waals surface area contributed by atoms with E-state index in [1.165, 1.54) is 32.4 Å². The highest BCUT2D eigenvalue weighted by Gasteiger charge is 2.54. The number of hydrogen-bond acceptors (Lipinski definition) is 1. The molecule has 0 spiro atoms. The van der Waals surface area contributed by atoms with Crippen LogP contribution in [-0.4, -0.2) is 10.4 Å². The molecule has 1 aliphatic rings. The van der Waals surface area contributed by atoms with Gasteiger partial charge in [-0.15, -0.1) is 0 Å². The molecule has 0 fully saturated rings. The lowest BCUT2D eigenvalue weighted by Crippen LogP contribution is -2.39. The number of benzene rings is 5. The SMILES string of the molecule is O=C(c1ccc2c3c(cccc13)CC2)[C@@H](Br)[P+](c1ccccc1)(c1ccccc1)c1ccccc1. The number of hydrogen-bond donors (Lipinski definition) is 0. The largest absolute Gasteiger partial charge is 0.289 e. The van der Waals surface area contributed by atoms with Gasteiger partial charge < -0.3 is 0 Å². The third-order valence-corrected chi connectivity index (χ3v) is 13.7. The molecule has 0 saturated carbocycles. The molecule has 0 aliphatic heterocycles. The average Bonchev–Trinajstić information content (AvgIpc) is 3.35. The Morgan fingerprint density at radius 2 is 1.09 bits per heavy atom. The van der Waals surface area contributed by atoms with Gasteiger partial charge in [0.05, 0.1) is 0 Å². The van der Waals surface area contributed by atoms with Crippen LogP contribution in [0.5, 0.6) is 0 Å². The smallest absolute Gasteiger partial charge is 0.215 e. The molecule has 1 aliphatic carbocycles. The van der Waals surface area contributed by atoms with Gasteiger partial charge in [0, 0.05) is 5.56 Å². The fourth-order valence-electron chi connectivity index (χ4n) is 5.60. The van der Waals surface area contributed by atoms with E-state index in [1.807, 2.05) is 18.2 Å². The predicted molar refractivity (Wildman–Crippen MR) is 154 cm³/mol. The van der Waals surface area contributed by atoms with E-state index < -0.39 is 11.8 Å². The van der Waals surface area contributed by atoms with Gasteiger partial charge in [0.25, 0.3) is 0 Å². The summed E-state index contributed by atoms with van der Waals surface area (Å²) in [6.07, 6.45) is 2.11. The highest BCUT2D eigenvalue weighted by atomic mass is 79.9. The molecular formula is C32H25BrOP+. The summed E-state index contributed by atoms with van der Waals surface area (Å²) in [5.74, 6) is 0.144. The molecular weight excluding hydrogens is 511 g/mol. The monoisotopic (exact) mass is 535 g/mol. The number of ketones is 1. The van der Waals surface area contributed by atoms with Crippen molar-refractivity contribution in [1.82, 2.24) is 0 Å². The lowest BCUT2D eigenvalue weighted by Gasteiger charge is -2.31. The first kappa shape index (κ1) is 22.4. The number of aryl methyl sites for hydroxylation is 2. The van der Waals surface area contributed by atoms with Crippen molar-refractivity contribution in [3.8, 4) is 0 Å². The predicted octanol–water partition coefficient (Wildman–Crippen LogP) is 6.84. The van der Waals surface area contributed by atoms with E-state index in [2.05, 4.69) is 119 Å². The van der Waals surface area contributed by atoms with Gasteiger partial charge in [-0.3, -0.25) is 4.79 Å². The Kier molecular flexibility index (Phi) is 5.88. The van der Waals surface area contributed by atoms with Gasteiger partial charge in [0.15, 0.2) is 4.57 Å². The third kappa shape index (κ3) is 3.59. The highest BCUT2D eigenvalue weighted by molar-refractivity contribution is 9.11. The van der Waals surface area contributed by atoms with Crippen molar-refractivity contribution in [1.29, 1.82) is 0 Å². The first-order valence-corrected chi connectivity index (χ1v) is 14.8. The molecule has 1 nitrogen and oxygen atoms in total. The molecule has 0 bridgehead atoms.